The van der Waals surface area contributed by atoms with Crippen LogP contribution in [-0.4, -0.2) is 18.2 Å². The van der Waals surface area contributed by atoms with E-state index in [9.17, 15) is 8.42 Å². The Morgan fingerprint density at radius 1 is 1.15 bits per heavy atom. The summed E-state index contributed by atoms with van der Waals surface area (Å²) in [4.78, 5) is 0.218. The molecule has 1 N–H and O–H groups in total. The summed E-state index contributed by atoms with van der Waals surface area (Å²) in [6.45, 7) is 4.05. The van der Waals surface area contributed by atoms with Crippen molar-refractivity contribution in [3.05, 3.63) is 73.8 Å². The monoisotopic (exact) mass is 487 g/mol. The third kappa shape index (κ3) is 4.66. The van der Waals surface area contributed by atoms with E-state index in [1.54, 1.807) is 48.1 Å². The molecule has 0 fully saturated rings. The molecule has 0 aliphatic rings. The van der Waals surface area contributed by atoms with E-state index < -0.39 is 10.0 Å². The SMILES string of the molecule is Cc1ccc(S(=O)(=O)Nc2nn(Cc3ccc(Cl)cc3Cl)cc2Br)c(C)c1. The van der Waals surface area contributed by atoms with Crippen molar-refractivity contribution in [1.29, 1.82) is 0 Å². The van der Waals surface area contributed by atoms with Gasteiger partial charge in [0.2, 0.25) is 0 Å². The zero-order valence-corrected chi connectivity index (χ0v) is 18.4. The fraction of sp³-hybridized carbons (Fsp3) is 0.167. The zero-order chi connectivity index (χ0) is 19.8. The van der Waals surface area contributed by atoms with Crippen molar-refractivity contribution >= 4 is 55.0 Å². The minimum absolute atomic E-state index is 0.208. The number of anilines is 1. The van der Waals surface area contributed by atoms with Gasteiger partial charge in [0.25, 0.3) is 10.0 Å². The highest BCUT2D eigenvalue weighted by molar-refractivity contribution is 9.10. The lowest BCUT2D eigenvalue weighted by molar-refractivity contribution is 0.600. The molecule has 5 nitrogen and oxygen atoms in total. The lowest BCUT2D eigenvalue weighted by Gasteiger charge is -2.09. The minimum atomic E-state index is -3.76. The van der Waals surface area contributed by atoms with Gasteiger partial charge in [0.1, 0.15) is 0 Å². The molecule has 3 rings (SSSR count). The molecule has 2 aromatic carbocycles. The Morgan fingerprint density at radius 3 is 2.56 bits per heavy atom. The van der Waals surface area contributed by atoms with Crippen molar-refractivity contribution in [1.82, 2.24) is 9.78 Å². The predicted octanol–water partition coefficient (Wildman–Crippen LogP) is 5.42. The summed E-state index contributed by atoms with van der Waals surface area (Å²) >= 11 is 15.5. The fourth-order valence-electron chi connectivity index (χ4n) is 2.65. The van der Waals surface area contributed by atoms with Crippen molar-refractivity contribution in [3.8, 4) is 0 Å². The summed E-state index contributed by atoms with van der Waals surface area (Å²) in [5.41, 5.74) is 2.49. The lowest BCUT2D eigenvalue weighted by Crippen LogP contribution is -2.15. The van der Waals surface area contributed by atoms with Crippen molar-refractivity contribution < 1.29 is 8.42 Å². The Kier molecular flexibility index (Phi) is 5.86. The topological polar surface area (TPSA) is 64.0 Å². The van der Waals surface area contributed by atoms with Gasteiger partial charge in [0.05, 0.1) is 15.9 Å². The third-order valence-electron chi connectivity index (χ3n) is 3.92. The van der Waals surface area contributed by atoms with Gasteiger partial charge in [-0.05, 0) is 59.1 Å². The van der Waals surface area contributed by atoms with Crippen LogP contribution in [0.25, 0.3) is 0 Å². The molecule has 0 bridgehead atoms. The largest absolute Gasteiger partial charge is 0.265 e. The maximum Gasteiger partial charge on any atom is 0.263 e. The van der Waals surface area contributed by atoms with Gasteiger partial charge in [-0.2, -0.15) is 5.10 Å². The number of aromatic nitrogens is 2. The van der Waals surface area contributed by atoms with Gasteiger partial charge in [0, 0.05) is 16.2 Å². The number of hydrogen-bond acceptors (Lipinski definition) is 3. The molecule has 0 atom stereocenters. The molecule has 27 heavy (non-hydrogen) atoms. The van der Waals surface area contributed by atoms with Gasteiger partial charge in [-0.1, -0.05) is 47.0 Å². The van der Waals surface area contributed by atoms with Crippen LogP contribution >= 0.6 is 39.1 Å². The second-order valence-corrected chi connectivity index (χ2v) is 9.48. The smallest absolute Gasteiger partial charge is 0.263 e. The van der Waals surface area contributed by atoms with Crippen molar-refractivity contribution in [2.75, 3.05) is 4.72 Å². The summed E-state index contributed by atoms with van der Waals surface area (Å²) in [6.07, 6.45) is 1.69. The Hall–Kier alpha value is -1.54. The van der Waals surface area contributed by atoms with E-state index in [2.05, 4.69) is 25.8 Å². The molecule has 3 aromatic rings. The quantitative estimate of drug-likeness (QED) is 0.521. The molecule has 0 amide bonds. The van der Waals surface area contributed by atoms with Gasteiger partial charge in [0.15, 0.2) is 5.82 Å². The zero-order valence-electron chi connectivity index (χ0n) is 14.5. The summed E-state index contributed by atoms with van der Waals surface area (Å²) in [7, 11) is -3.76. The number of rotatable bonds is 5. The number of nitrogens with one attached hydrogen (secondary N) is 1. The summed E-state index contributed by atoms with van der Waals surface area (Å²) in [5.74, 6) is 0.208. The molecule has 0 saturated carbocycles. The normalized spacial score (nSPS) is 11.6. The minimum Gasteiger partial charge on any atom is -0.265 e. The Bertz CT molecular complexity index is 1110. The molecule has 0 saturated heterocycles. The van der Waals surface area contributed by atoms with Crippen LogP contribution in [0.3, 0.4) is 0 Å². The van der Waals surface area contributed by atoms with Crippen LogP contribution in [0.1, 0.15) is 16.7 Å². The van der Waals surface area contributed by atoms with Gasteiger partial charge in [-0.3, -0.25) is 9.40 Å². The average molecular weight is 489 g/mol. The lowest BCUT2D eigenvalue weighted by atomic mass is 10.2. The summed E-state index contributed by atoms with van der Waals surface area (Å²) in [5, 5.41) is 5.38. The van der Waals surface area contributed by atoms with Crippen LogP contribution in [0, 0.1) is 13.8 Å². The maximum absolute atomic E-state index is 12.7. The van der Waals surface area contributed by atoms with Crippen LogP contribution in [0.4, 0.5) is 5.82 Å². The molecular formula is C18H16BrCl2N3O2S. The first-order chi connectivity index (χ1) is 12.7. The number of halogens is 3. The summed E-state index contributed by atoms with van der Waals surface area (Å²) in [6, 6.07) is 10.4. The Balaban J connectivity index is 1.86. The van der Waals surface area contributed by atoms with Crippen LogP contribution in [0.5, 0.6) is 0 Å². The van der Waals surface area contributed by atoms with E-state index in [1.165, 1.54) is 0 Å². The first-order valence-electron chi connectivity index (χ1n) is 7.92. The number of sulfonamides is 1. The third-order valence-corrected chi connectivity index (χ3v) is 6.58. The van der Waals surface area contributed by atoms with Crippen LogP contribution in [0.15, 0.2) is 52.0 Å². The highest BCUT2D eigenvalue weighted by Gasteiger charge is 2.20. The van der Waals surface area contributed by atoms with Crippen LogP contribution in [-0.2, 0) is 16.6 Å². The fourth-order valence-corrected chi connectivity index (χ4v) is 4.91. The van der Waals surface area contributed by atoms with E-state index in [1.807, 2.05) is 13.0 Å². The van der Waals surface area contributed by atoms with Crippen LogP contribution in [0.2, 0.25) is 10.0 Å². The maximum atomic E-state index is 12.7. The second-order valence-electron chi connectivity index (χ2n) is 6.13. The second kappa shape index (κ2) is 7.83. The van der Waals surface area contributed by atoms with Gasteiger partial charge in [-0.25, -0.2) is 8.42 Å². The number of hydrogen-bond donors (Lipinski definition) is 1. The molecule has 9 heteroatoms. The first kappa shape index (κ1) is 20.2. The van der Waals surface area contributed by atoms with E-state index in [-0.39, 0.29) is 10.7 Å². The molecule has 0 aliphatic heterocycles. The molecule has 0 radical (unpaired) electrons. The standard InChI is InChI=1S/C18H16BrCl2N3O2S/c1-11-3-6-17(12(2)7-11)27(25,26)23-18-15(19)10-24(22-18)9-13-4-5-14(20)8-16(13)21/h3-8,10H,9H2,1-2H3,(H,22,23). The molecule has 1 heterocycles. The number of nitrogens with zero attached hydrogens (tertiary/aromatic N) is 2. The Labute approximate surface area is 176 Å². The van der Waals surface area contributed by atoms with E-state index >= 15 is 0 Å². The van der Waals surface area contributed by atoms with Gasteiger partial charge >= 0.3 is 0 Å². The molecular weight excluding hydrogens is 473 g/mol. The predicted molar refractivity (Wildman–Crippen MR) is 112 cm³/mol. The highest BCUT2D eigenvalue weighted by atomic mass is 79.9. The van der Waals surface area contributed by atoms with E-state index in [0.717, 1.165) is 11.1 Å². The highest BCUT2D eigenvalue weighted by Crippen LogP contribution is 2.27. The van der Waals surface area contributed by atoms with Crippen molar-refractivity contribution in [2.24, 2.45) is 0 Å². The molecule has 0 spiro atoms. The van der Waals surface area contributed by atoms with Crippen molar-refractivity contribution in [3.63, 3.8) is 0 Å². The van der Waals surface area contributed by atoms with E-state index in [0.29, 0.717) is 26.6 Å². The number of aryl methyl sites for hydroxylation is 2. The Morgan fingerprint density at radius 2 is 1.89 bits per heavy atom. The molecule has 142 valence electrons. The molecule has 1 aromatic heterocycles. The molecule has 0 unspecified atom stereocenters. The first-order valence-corrected chi connectivity index (χ1v) is 11.0. The van der Waals surface area contributed by atoms with Crippen molar-refractivity contribution in [2.45, 2.75) is 25.3 Å². The van der Waals surface area contributed by atoms with Gasteiger partial charge in [-0.15, -0.1) is 0 Å². The average Bonchev–Trinajstić information content (AvgIpc) is 2.88. The van der Waals surface area contributed by atoms with E-state index in [4.69, 9.17) is 23.2 Å². The number of benzene rings is 2. The molecule has 0 aliphatic carbocycles. The van der Waals surface area contributed by atoms with Gasteiger partial charge < -0.3 is 0 Å². The van der Waals surface area contributed by atoms with Crippen LogP contribution < -0.4 is 4.72 Å². The summed E-state index contributed by atoms with van der Waals surface area (Å²) < 4.78 is 30.1.